The summed E-state index contributed by atoms with van der Waals surface area (Å²) in [7, 11) is 0. The molecule has 0 aliphatic carbocycles. The summed E-state index contributed by atoms with van der Waals surface area (Å²) in [5.74, 6) is 1.81. The summed E-state index contributed by atoms with van der Waals surface area (Å²) >= 11 is 0. The van der Waals surface area contributed by atoms with Gasteiger partial charge in [0.25, 0.3) is 5.91 Å². The van der Waals surface area contributed by atoms with Gasteiger partial charge in [-0.1, -0.05) is 18.2 Å². The van der Waals surface area contributed by atoms with Gasteiger partial charge >= 0.3 is 0 Å². The number of imidazole rings is 1. The molecular weight excluding hydrogens is 342 g/mol. The van der Waals surface area contributed by atoms with Crippen molar-refractivity contribution >= 4 is 5.91 Å². The highest BCUT2D eigenvalue weighted by Crippen LogP contribution is 2.26. The molecule has 7 heteroatoms. The summed E-state index contributed by atoms with van der Waals surface area (Å²) in [5.41, 5.74) is 0.967. The van der Waals surface area contributed by atoms with Crippen LogP contribution in [-0.4, -0.2) is 50.0 Å². The minimum absolute atomic E-state index is 0.0237. The van der Waals surface area contributed by atoms with Gasteiger partial charge in [0, 0.05) is 37.6 Å². The van der Waals surface area contributed by atoms with E-state index in [0.29, 0.717) is 24.8 Å². The number of rotatable bonds is 5. The Morgan fingerprint density at radius 2 is 1.93 bits per heavy atom. The lowest BCUT2D eigenvalue weighted by Gasteiger charge is -2.31. The first-order valence-corrected chi connectivity index (χ1v) is 9.05. The van der Waals surface area contributed by atoms with Gasteiger partial charge in [0.05, 0.1) is 11.9 Å². The van der Waals surface area contributed by atoms with E-state index >= 15 is 0 Å². The SMILES string of the molecule is O=C(COc1ccccc1)N1CCC(c2cncc(-n3ccnc3)n2)CC1. The molecule has 1 saturated heterocycles. The fraction of sp³-hybridized carbons (Fsp3) is 0.300. The molecule has 1 aliphatic heterocycles. The van der Waals surface area contributed by atoms with Crippen LogP contribution >= 0.6 is 0 Å². The van der Waals surface area contributed by atoms with Gasteiger partial charge < -0.3 is 9.64 Å². The molecule has 1 aliphatic rings. The second kappa shape index (κ2) is 7.99. The number of aromatic nitrogens is 4. The number of carbonyl (C=O) groups is 1. The van der Waals surface area contributed by atoms with Crippen LogP contribution < -0.4 is 4.74 Å². The summed E-state index contributed by atoms with van der Waals surface area (Å²) in [6.45, 7) is 1.49. The van der Waals surface area contributed by atoms with Gasteiger partial charge in [-0.3, -0.25) is 14.3 Å². The van der Waals surface area contributed by atoms with Crippen molar-refractivity contribution in [3.8, 4) is 11.6 Å². The zero-order valence-corrected chi connectivity index (χ0v) is 14.9. The predicted octanol–water partition coefficient (Wildman–Crippen LogP) is 2.45. The van der Waals surface area contributed by atoms with E-state index in [-0.39, 0.29) is 12.5 Å². The fourth-order valence-corrected chi connectivity index (χ4v) is 3.26. The van der Waals surface area contributed by atoms with Gasteiger partial charge in [-0.25, -0.2) is 9.97 Å². The van der Waals surface area contributed by atoms with Gasteiger partial charge in [0.2, 0.25) is 0 Å². The standard InChI is InChI=1S/C20H21N5O2/c26-20(14-27-17-4-2-1-3-5-17)24-9-6-16(7-10-24)18-12-22-13-19(23-18)25-11-8-21-15-25/h1-5,8,11-13,15-16H,6-7,9-10,14H2. The van der Waals surface area contributed by atoms with Crippen LogP contribution in [0.1, 0.15) is 24.5 Å². The average Bonchev–Trinajstić information content (AvgIpc) is 3.28. The molecule has 2 aromatic heterocycles. The maximum absolute atomic E-state index is 12.4. The molecule has 1 amide bonds. The Labute approximate surface area is 157 Å². The number of likely N-dealkylation sites (tertiary alicyclic amines) is 1. The van der Waals surface area contributed by atoms with E-state index < -0.39 is 0 Å². The first-order chi connectivity index (χ1) is 13.3. The number of ether oxygens (including phenoxy) is 1. The first kappa shape index (κ1) is 17.2. The Balaban J connectivity index is 1.32. The van der Waals surface area contributed by atoms with Crippen molar-refractivity contribution in [3.63, 3.8) is 0 Å². The van der Waals surface area contributed by atoms with E-state index in [1.54, 1.807) is 18.7 Å². The van der Waals surface area contributed by atoms with Crippen LogP contribution in [0.25, 0.3) is 5.82 Å². The number of hydrogen-bond donors (Lipinski definition) is 0. The molecule has 0 radical (unpaired) electrons. The van der Waals surface area contributed by atoms with Crippen LogP contribution in [0.5, 0.6) is 5.75 Å². The largest absolute Gasteiger partial charge is 0.484 e. The molecule has 1 fully saturated rings. The molecule has 4 rings (SSSR count). The summed E-state index contributed by atoms with van der Waals surface area (Å²) in [5, 5.41) is 0. The molecule has 0 unspecified atom stereocenters. The van der Waals surface area contributed by atoms with Crippen LogP contribution in [-0.2, 0) is 4.79 Å². The van der Waals surface area contributed by atoms with Crippen LogP contribution in [0.3, 0.4) is 0 Å². The van der Waals surface area contributed by atoms with Gasteiger partial charge in [-0.15, -0.1) is 0 Å². The van der Waals surface area contributed by atoms with E-state index in [4.69, 9.17) is 9.72 Å². The molecule has 1 aromatic carbocycles. The number of nitrogens with zero attached hydrogens (tertiary/aromatic N) is 5. The van der Waals surface area contributed by atoms with E-state index in [9.17, 15) is 4.79 Å². The summed E-state index contributed by atoms with van der Waals surface area (Å²) in [6.07, 6.45) is 10.6. The molecule has 0 bridgehead atoms. The third-order valence-corrected chi connectivity index (χ3v) is 4.78. The maximum Gasteiger partial charge on any atom is 0.260 e. The first-order valence-electron chi connectivity index (χ1n) is 9.05. The molecule has 27 heavy (non-hydrogen) atoms. The Hall–Kier alpha value is -3.22. The fourth-order valence-electron chi connectivity index (χ4n) is 3.26. The normalized spacial score (nSPS) is 14.9. The number of carbonyl (C=O) groups excluding carboxylic acids is 1. The molecule has 138 valence electrons. The lowest BCUT2D eigenvalue weighted by molar-refractivity contribution is -0.134. The van der Waals surface area contributed by atoms with Gasteiger partial charge in [0.1, 0.15) is 12.1 Å². The summed E-state index contributed by atoms with van der Waals surface area (Å²) in [4.78, 5) is 27.3. The number of amides is 1. The van der Waals surface area contributed by atoms with Crippen molar-refractivity contribution in [1.29, 1.82) is 0 Å². The van der Waals surface area contributed by atoms with E-state index in [0.717, 1.165) is 24.4 Å². The molecule has 3 heterocycles. The summed E-state index contributed by atoms with van der Waals surface area (Å²) in [6, 6.07) is 9.41. The molecule has 0 saturated carbocycles. The monoisotopic (exact) mass is 363 g/mol. The molecule has 0 atom stereocenters. The number of piperidine rings is 1. The van der Waals surface area contributed by atoms with Crippen LogP contribution in [0.4, 0.5) is 0 Å². The highest BCUT2D eigenvalue weighted by Gasteiger charge is 2.25. The van der Waals surface area contributed by atoms with Crippen molar-refractivity contribution in [2.75, 3.05) is 19.7 Å². The highest BCUT2D eigenvalue weighted by molar-refractivity contribution is 5.77. The number of hydrogen-bond acceptors (Lipinski definition) is 5. The topological polar surface area (TPSA) is 73.1 Å². The second-order valence-electron chi connectivity index (χ2n) is 6.53. The Bertz CT molecular complexity index is 874. The molecular formula is C20H21N5O2. The van der Waals surface area contributed by atoms with Crippen LogP contribution in [0, 0.1) is 0 Å². The van der Waals surface area contributed by atoms with Crippen molar-refractivity contribution in [1.82, 2.24) is 24.4 Å². The second-order valence-corrected chi connectivity index (χ2v) is 6.53. The van der Waals surface area contributed by atoms with Gasteiger partial charge in [-0.05, 0) is 25.0 Å². The average molecular weight is 363 g/mol. The third-order valence-electron chi connectivity index (χ3n) is 4.78. The lowest BCUT2D eigenvalue weighted by atomic mass is 9.94. The molecule has 0 spiro atoms. The zero-order valence-electron chi connectivity index (χ0n) is 14.9. The third kappa shape index (κ3) is 4.13. The smallest absolute Gasteiger partial charge is 0.260 e. The van der Waals surface area contributed by atoms with Crippen molar-refractivity contribution in [3.05, 3.63) is 67.1 Å². The van der Waals surface area contributed by atoms with E-state index in [1.165, 1.54) is 0 Å². The van der Waals surface area contributed by atoms with Crippen LogP contribution in [0.2, 0.25) is 0 Å². The Morgan fingerprint density at radius 1 is 1.11 bits per heavy atom. The summed E-state index contributed by atoms with van der Waals surface area (Å²) < 4.78 is 7.41. The van der Waals surface area contributed by atoms with Crippen molar-refractivity contribution in [2.24, 2.45) is 0 Å². The van der Waals surface area contributed by atoms with Crippen LogP contribution in [0.15, 0.2) is 61.4 Å². The highest BCUT2D eigenvalue weighted by atomic mass is 16.5. The zero-order chi connectivity index (χ0) is 18.5. The van der Waals surface area contributed by atoms with Gasteiger partial charge in [-0.2, -0.15) is 0 Å². The number of benzene rings is 1. The van der Waals surface area contributed by atoms with E-state index in [1.807, 2.05) is 52.2 Å². The van der Waals surface area contributed by atoms with Crippen molar-refractivity contribution in [2.45, 2.75) is 18.8 Å². The molecule has 7 nitrogen and oxygen atoms in total. The maximum atomic E-state index is 12.4. The minimum atomic E-state index is 0.0237. The van der Waals surface area contributed by atoms with Crippen molar-refractivity contribution < 1.29 is 9.53 Å². The quantitative estimate of drug-likeness (QED) is 0.696. The predicted molar refractivity (Wildman–Crippen MR) is 99.6 cm³/mol. The lowest BCUT2D eigenvalue weighted by Crippen LogP contribution is -2.40. The van der Waals surface area contributed by atoms with Gasteiger partial charge in [0.15, 0.2) is 12.4 Å². The molecule has 3 aromatic rings. The molecule has 0 N–H and O–H groups in total. The minimum Gasteiger partial charge on any atom is -0.484 e. The van der Waals surface area contributed by atoms with E-state index in [2.05, 4.69) is 9.97 Å². The Kier molecular flexibility index (Phi) is 5.09. The number of para-hydroxylation sites is 1. The Morgan fingerprint density at radius 3 is 2.67 bits per heavy atom.